The van der Waals surface area contributed by atoms with Crippen molar-refractivity contribution in [2.75, 3.05) is 0 Å². The second kappa shape index (κ2) is 6.67. The summed E-state index contributed by atoms with van der Waals surface area (Å²) in [5.74, 6) is -1.63. The van der Waals surface area contributed by atoms with Crippen LogP contribution in [0.4, 0.5) is 0 Å². The number of hydrogen-bond donors (Lipinski definition) is 2. The van der Waals surface area contributed by atoms with Crippen LogP contribution in [-0.2, 0) is 28.6 Å². The van der Waals surface area contributed by atoms with Crippen LogP contribution >= 0.6 is 0 Å². The van der Waals surface area contributed by atoms with Crippen molar-refractivity contribution in [1.29, 1.82) is 0 Å². The first-order chi connectivity index (χ1) is 9.22. The quantitative estimate of drug-likeness (QED) is 0.647. The number of amides is 1. The number of carbonyl (C=O) groups is 3. The molecule has 0 unspecified atom stereocenters. The van der Waals surface area contributed by atoms with E-state index in [1.54, 1.807) is 6.92 Å². The second-order valence-corrected chi connectivity index (χ2v) is 4.61. The van der Waals surface area contributed by atoms with Gasteiger partial charge in [0.05, 0.1) is 6.10 Å². The molecular weight excluding hydrogens is 270 g/mol. The molecule has 5 atom stereocenters. The molecule has 0 aliphatic carbocycles. The topological polar surface area (TPSA) is 111 Å². The zero-order valence-corrected chi connectivity index (χ0v) is 11.8. The van der Waals surface area contributed by atoms with E-state index in [4.69, 9.17) is 14.2 Å². The lowest BCUT2D eigenvalue weighted by Crippen LogP contribution is -2.65. The summed E-state index contributed by atoms with van der Waals surface area (Å²) in [5, 5.41) is 12.4. The summed E-state index contributed by atoms with van der Waals surface area (Å²) in [4.78, 5) is 33.5. The van der Waals surface area contributed by atoms with Crippen LogP contribution < -0.4 is 5.32 Å². The molecule has 0 spiro atoms. The fraction of sp³-hybridized carbons (Fsp3) is 0.750. The molecule has 114 valence electrons. The van der Waals surface area contributed by atoms with Crippen molar-refractivity contribution in [3.05, 3.63) is 0 Å². The highest BCUT2D eigenvalue weighted by molar-refractivity contribution is 5.74. The Morgan fingerprint density at radius 2 is 1.55 bits per heavy atom. The van der Waals surface area contributed by atoms with Gasteiger partial charge in [0.25, 0.3) is 0 Å². The molecule has 0 radical (unpaired) electrons. The normalized spacial score (nSPS) is 33.1. The lowest BCUT2D eigenvalue weighted by Gasteiger charge is -2.42. The average Bonchev–Trinajstić information content (AvgIpc) is 2.27. The Morgan fingerprint density at radius 3 is 2.00 bits per heavy atom. The number of esters is 2. The molecule has 1 aliphatic rings. The van der Waals surface area contributed by atoms with Gasteiger partial charge in [0.15, 0.2) is 18.5 Å². The minimum absolute atomic E-state index is 0.411. The van der Waals surface area contributed by atoms with Crippen molar-refractivity contribution in [2.24, 2.45) is 0 Å². The Labute approximate surface area is 116 Å². The van der Waals surface area contributed by atoms with E-state index in [1.807, 2.05) is 0 Å². The molecule has 1 fully saturated rings. The predicted octanol–water partition coefficient (Wildman–Crippen LogP) is -0.908. The molecule has 8 heteroatoms. The number of aliphatic hydroxyl groups is 1. The van der Waals surface area contributed by atoms with Gasteiger partial charge in [0.2, 0.25) is 5.91 Å². The van der Waals surface area contributed by atoms with E-state index in [0.717, 1.165) is 6.92 Å². The molecule has 20 heavy (non-hydrogen) atoms. The van der Waals surface area contributed by atoms with Gasteiger partial charge in [-0.2, -0.15) is 0 Å². The van der Waals surface area contributed by atoms with Crippen molar-refractivity contribution in [3.8, 4) is 0 Å². The largest absolute Gasteiger partial charge is 0.457 e. The zero-order chi connectivity index (χ0) is 15.4. The monoisotopic (exact) mass is 289 g/mol. The Hall–Kier alpha value is -1.67. The van der Waals surface area contributed by atoms with Crippen molar-refractivity contribution >= 4 is 17.8 Å². The minimum Gasteiger partial charge on any atom is -0.457 e. The van der Waals surface area contributed by atoms with Crippen LogP contribution in [0.3, 0.4) is 0 Å². The summed E-state index contributed by atoms with van der Waals surface area (Å²) < 4.78 is 15.2. The van der Waals surface area contributed by atoms with E-state index in [9.17, 15) is 19.5 Å². The molecule has 2 N–H and O–H groups in total. The van der Waals surface area contributed by atoms with Gasteiger partial charge in [-0.3, -0.25) is 14.4 Å². The van der Waals surface area contributed by atoms with Gasteiger partial charge in [0, 0.05) is 20.8 Å². The molecule has 0 aromatic carbocycles. The summed E-state index contributed by atoms with van der Waals surface area (Å²) in [6.07, 6.45) is -4.11. The van der Waals surface area contributed by atoms with Gasteiger partial charge in [-0.05, 0) is 6.92 Å². The highest BCUT2D eigenvalue weighted by Crippen LogP contribution is 2.25. The number of hydrogen-bond acceptors (Lipinski definition) is 7. The molecule has 1 saturated heterocycles. The molecule has 0 saturated carbocycles. The van der Waals surface area contributed by atoms with Crippen LogP contribution in [0.15, 0.2) is 0 Å². The highest BCUT2D eigenvalue weighted by Gasteiger charge is 2.48. The third kappa shape index (κ3) is 4.17. The summed E-state index contributed by atoms with van der Waals surface area (Å²) in [6, 6.07) is -0.890. The number of carbonyl (C=O) groups excluding carboxylic acids is 3. The first-order valence-corrected chi connectivity index (χ1v) is 6.17. The Kier molecular flexibility index (Phi) is 5.46. The Bertz CT molecular complexity index is 369. The fourth-order valence-electron chi connectivity index (χ4n) is 2.11. The fourth-order valence-corrected chi connectivity index (χ4v) is 2.11. The summed E-state index contributed by atoms with van der Waals surface area (Å²) in [6.45, 7) is 5.22. The van der Waals surface area contributed by atoms with Crippen LogP contribution in [-0.4, -0.2) is 53.6 Å². The van der Waals surface area contributed by atoms with Crippen LogP contribution in [0.5, 0.6) is 0 Å². The van der Waals surface area contributed by atoms with Gasteiger partial charge in [-0.25, -0.2) is 0 Å². The van der Waals surface area contributed by atoms with Gasteiger partial charge in [-0.1, -0.05) is 0 Å². The molecule has 8 nitrogen and oxygen atoms in total. The smallest absolute Gasteiger partial charge is 0.303 e. The molecular formula is C12H19NO7. The Morgan fingerprint density at radius 1 is 1.05 bits per heavy atom. The van der Waals surface area contributed by atoms with Gasteiger partial charge in [-0.15, -0.1) is 0 Å². The summed E-state index contributed by atoms with van der Waals surface area (Å²) in [5.41, 5.74) is 0. The maximum atomic E-state index is 11.3. The minimum atomic E-state index is -1.42. The number of rotatable bonds is 3. The van der Waals surface area contributed by atoms with Crippen LogP contribution in [0.2, 0.25) is 0 Å². The second-order valence-electron chi connectivity index (χ2n) is 4.61. The third-order valence-electron chi connectivity index (χ3n) is 2.78. The molecule has 1 heterocycles. The van der Waals surface area contributed by atoms with Gasteiger partial charge in [0.1, 0.15) is 6.04 Å². The molecule has 0 bridgehead atoms. The van der Waals surface area contributed by atoms with E-state index < -0.39 is 48.5 Å². The highest BCUT2D eigenvalue weighted by atomic mass is 16.7. The van der Waals surface area contributed by atoms with Crippen molar-refractivity contribution in [3.63, 3.8) is 0 Å². The van der Waals surface area contributed by atoms with E-state index in [2.05, 4.69) is 5.32 Å². The zero-order valence-electron chi connectivity index (χ0n) is 11.8. The molecule has 1 amide bonds. The molecule has 1 rings (SSSR count). The van der Waals surface area contributed by atoms with Crippen LogP contribution in [0.1, 0.15) is 27.7 Å². The summed E-state index contributed by atoms with van der Waals surface area (Å²) >= 11 is 0. The van der Waals surface area contributed by atoms with E-state index in [0.29, 0.717) is 0 Å². The van der Waals surface area contributed by atoms with Crippen molar-refractivity contribution in [1.82, 2.24) is 5.32 Å². The maximum absolute atomic E-state index is 11.3. The standard InChI is InChI=1S/C12H19NO7/c1-5-10(19-7(3)15)9(13-6(2)14)11(12(17)18-5)20-8(4)16/h5,9-12,17H,1-4H3,(H,13,14)/t5-,9+,10+,11-,12+/m0/s1. The Balaban J connectivity index is 3.01. The summed E-state index contributed by atoms with van der Waals surface area (Å²) in [7, 11) is 0. The number of nitrogens with one attached hydrogen (secondary N) is 1. The van der Waals surface area contributed by atoms with E-state index >= 15 is 0 Å². The van der Waals surface area contributed by atoms with Crippen molar-refractivity contribution < 1.29 is 33.7 Å². The molecule has 0 aromatic heterocycles. The number of ether oxygens (including phenoxy) is 3. The van der Waals surface area contributed by atoms with Gasteiger partial charge < -0.3 is 24.6 Å². The lowest BCUT2D eigenvalue weighted by atomic mass is 9.96. The van der Waals surface area contributed by atoms with Crippen molar-refractivity contribution in [2.45, 2.75) is 58.3 Å². The first kappa shape index (κ1) is 16.4. The molecule has 1 aliphatic heterocycles. The number of aliphatic hydroxyl groups excluding tert-OH is 1. The average molecular weight is 289 g/mol. The SMILES string of the molecule is CC(=O)N[C@@H]1[C@H](OC(C)=O)[C@H](C)O[C@@H](O)[C@H]1OC(C)=O. The van der Waals surface area contributed by atoms with Gasteiger partial charge >= 0.3 is 11.9 Å². The molecule has 0 aromatic rings. The van der Waals surface area contributed by atoms with E-state index in [-0.39, 0.29) is 0 Å². The van der Waals surface area contributed by atoms with Crippen LogP contribution in [0, 0.1) is 0 Å². The van der Waals surface area contributed by atoms with E-state index in [1.165, 1.54) is 13.8 Å². The maximum Gasteiger partial charge on any atom is 0.303 e. The lowest BCUT2D eigenvalue weighted by molar-refractivity contribution is -0.261. The predicted molar refractivity (Wildman–Crippen MR) is 65.3 cm³/mol. The van der Waals surface area contributed by atoms with Crippen LogP contribution in [0.25, 0.3) is 0 Å². The third-order valence-corrected chi connectivity index (χ3v) is 2.78. The first-order valence-electron chi connectivity index (χ1n) is 6.17.